The van der Waals surface area contributed by atoms with Crippen LogP contribution in [-0.2, 0) is 11.3 Å². The Morgan fingerprint density at radius 3 is 2.84 bits per heavy atom. The Labute approximate surface area is 118 Å². The monoisotopic (exact) mass is 325 g/mol. The van der Waals surface area contributed by atoms with E-state index in [1.54, 1.807) is 20.1 Å². The van der Waals surface area contributed by atoms with Crippen LogP contribution in [0.2, 0.25) is 0 Å². The summed E-state index contributed by atoms with van der Waals surface area (Å²) in [7, 11) is 1.56. The van der Waals surface area contributed by atoms with E-state index in [2.05, 4.69) is 21.1 Å². The number of hydrogen-bond acceptors (Lipinski definition) is 5. The fraction of sp³-hybridized carbons (Fsp3) is 0.231. The summed E-state index contributed by atoms with van der Waals surface area (Å²) in [5.74, 6) is 0.193. The minimum Gasteiger partial charge on any atom is -0.496 e. The summed E-state index contributed by atoms with van der Waals surface area (Å²) in [6.07, 6.45) is 0. The van der Waals surface area contributed by atoms with Crippen LogP contribution in [0.25, 0.3) is 0 Å². The lowest BCUT2D eigenvalue weighted by Crippen LogP contribution is -2.05. The maximum absolute atomic E-state index is 11.7. The molecule has 100 valence electrons. The van der Waals surface area contributed by atoms with Crippen molar-refractivity contribution in [1.82, 2.24) is 5.16 Å². The number of esters is 1. The predicted octanol–water partition coefficient (Wildman–Crippen LogP) is 3.11. The zero-order chi connectivity index (χ0) is 13.8. The standard InChI is InChI=1S/C13H12BrNO4/c1-8-5-12(19-15-8)13(16)18-7-9-6-10(14)3-4-11(9)17-2/h3-6H,7H2,1-2H3. The quantitative estimate of drug-likeness (QED) is 0.808. The molecule has 0 aliphatic carbocycles. The molecule has 0 fully saturated rings. The highest BCUT2D eigenvalue weighted by molar-refractivity contribution is 9.10. The second kappa shape index (κ2) is 5.88. The van der Waals surface area contributed by atoms with E-state index in [0.29, 0.717) is 11.4 Å². The molecule has 1 heterocycles. The molecule has 19 heavy (non-hydrogen) atoms. The van der Waals surface area contributed by atoms with Crippen molar-refractivity contribution < 1.29 is 18.8 Å². The van der Waals surface area contributed by atoms with E-state index < -0.39 is 5.97 Å². The van der Waals surface area contributed by atoms with E-state index in [1.165, 1.54) is 6.07 Å². The zero-order valence-corrected chi connectivity index (χ0v) is 12.1. The van der Waals surface area contributed by atoms with E-state index in [9.17, 15) is 4.79 Å². The third-order valence-electron chi connectivity index (χ3n) is 2.43. The fourth-order valence-electron chi connectivity index (χ4n) is 1.53. The number of carbonyl (C=O) groups is 1. The van der Waals surface area contributed by atoms with Crippen LogP contribution < -0.4 is 4.74 Å². The van der Waals surface area contributed by atoms with Crippen molar-refractivity contribution in [3.63, 3.8) is 0 Å². The Kier molecular flexibility index (Phi) is 4.21. The smallest absolute Gasteiger partial charge is 0.377 e. The van der Waals surface area contributed by atoms with Crippen LogP contribution in [-0.4, -0.2) is 18.2 Å². The van der Waals surface area contributed by atoms with Crippen molar-refractivity contribution >= 4 is 21.9 Å². The number of nitrogens with zero attached hydrogens (tertiary/aromatic N) is 1. The highest BCUT2D eigenvalue weighted by Gasteiger charge is 2.14. The van der Waals surface area contributed by atoms with Crippen LogP contribution in [0, 0.1) is 6.92 Å². The number of benzene rings is 1. The molecule has 0 amide bonds. The predicted molar refractivity (Wildman–Crippen MR) is 71.1 cm³/mol. The molecule has 2 rings (SSSR count). The van der Waals surface area contributed by atoms with Gasteiger partial charge in [0.25, 0.3) is 0 Å². The lowest BCUT2D eigenvalue weighted by atomic mass is 10.2. The van der Waals surface area contributed by atoms with Crippen molar-refractivity contribution in [3.8, 4) is 5.75 Å². The first-order valence-corrected chi connectivity index (χ1v) is 6.32. The van der Waals surface area contributed by atoms with Crippen molar-refractivity contribution in [3.05, 3.63) is 45.8 Å². The summed E-state index contributed by atoms with van der Waals surface area (Å²) in [6.45, 7) is 1.83. The van der Waals surface area contributed by atoms with Gasteiger partial charge in [-0.3, -0.25) is 0 Å². The second-order valence-electron chi connectivity index (χ2n) is 3.86. The molecule has 0 saturated heterocycles. The van der Waals surface area contributed by atoms with Gasteiger partial charge in [-0.1, -0.05) is 21.1 Å². The van der Waals surface area contributed by atoms with Gasteiger partial charge in [0.05, 0.1) is 12.8 Å². The Hall–Kier alpha value is -1.82. The number of aryl methyl sites for hydroxylation is 1. The van der Waals surface area contributed by atoms with Crippen LogP contribution in [0.1, 0.15) is 21.8 Å². The van der Waals surface area contributed by atoms with E-state index in [4.69, 9.17) is 14.0 Å². The third kappa shape index (κ3) is 3.35. The van der Waals surface area contributed by atoms with Gasteiger partial charge in [0.1, 0.15) is 12.4 Å². The third-order valence-corrected chi connectivity index (χ3v) is 2.92. The van der Waals surface area contributed by atoms with Crippen molar-refractivity contribution in [2.24, 2.45) is 0 Å². The van der Waals surface area contributed by atoms with Gasteiger partial charge < -0.3 is 14.0 Å². The minimum absolute atomic E-state index is 0.0893. The maximum Gasteiger partial charge on any atom is 0.377 e. The zero-order valence-electron chi connectivity index (χ0n) is 10.5. The molecule has 0 bridgehead atoms. The number of aromatic nitrogens is 1. The summed E-state index contributed by atoms with van der Waals surface area (Å²) in [6, 6.07) is 7.01. The molecular weight excluding hydrogens is 314 g/mol. The summed E-state index contributed by atoms with van der Waals surface area (Å²) >= 11 is 3.36. The highest BCUT2D eigenvalue weighted by atomic mass is 79.9. The molecular formula is C13H12BrNO4. The number of ether oxygens (including phenoxy) is 2. The maximum atomic E-state index is 11.7. The summed E-state index contributed by atoms with van der Waals surface area (Å²) in [5.41, 5.74) is 1.40. The first-order valence-electron chi connectivity index (χ1n) is 5.53. The molecule has 5 nitrogen and oxygen atoms in total. The number of hydrogen-bond donors (Lipinski definition) is 0. The Bertz CT molecular complexity index is 594. The van der Waals surface area contributed by atoms with Crippen molar-refractivity contribution in [1.29, 1.82) is 0 Å². The average Bonchev–Trinajstić information content (AvgIpc) is 2.83. The van der Waals surface area contributed by atoms with Crippen molar-refractivity contribution in [2.75, 3.05) is 7.11 Å². The molecule has 0 aliphatic rings. The van der Waals surface area contributed by atoms with Crippen LogP contribution >= 0.6 is 15.9 Å². The van der Waals surface area contributed by atoms with E-state index in [1.807, 2.05) is 12.1 Å². The number of methoxy groups -OCH3 is 1. The van der Waals surface area contributed by atoms with Crippen LogP contribution in [0.15, 0.2) is 33.3 Å². The van der Waals surface area contributed by atoms with Gasteiger partial charge >= 0.3 is 5.97 Å². The minimum atomic E-state index is -0.553. The van der Waals surface area contributed by atoms with Gasteiger partial charge in [0.15, 0.2) is 0 Å². The van der Waals surface area contributed by atoms with Gasteiger partial charge in [-0.15, -0.1) is 0 Å². The molecule has 0 radical (unpaired) electrons. The first-order chi connectivity index (χ1) is 9.10. The van der Waals surface area contributed by atoms with Gasteiger partial charge in [-0.25, -0.2) is 4.79 Å². The number of carbonyl (C=O) groups excluding carboxylic acids is 1. The molecule has 0 atom stereocenters. The Morgan fingerprint density at radius 1 is 1.42 bits per heavy atom. The number of rotatable bonds is 4. The van der Waals surface area contributed by atoms with Gasteiger partial charge in [-0.2, -0.15) is 0 Å². The van der Waals surface area contributed by atoms with E-state index in [0.717, 1.165) is 10.0 Å². The van der Waals surface area contributed by atoms with Crippen LogP contribution in [0.3, 0.4) is 0 Å². The van der Waals surface area contributed by atoms with Gasteiger partial charge in [0.2, 0.25) is 5.76 Å². The molecule has 0 aliphatic heterocycles. The van der Waals surface area contributed by atoms with Gasteiger partial charge in [-0.05, 0) is 25.1 Å². The molecule has 0 unspecified atom stereocenters. The normalized spacial score (nSPS) is 10.3. The Balaban J connectivity index is 2.06. The summed E-state index contributed by atoms with van der Waals surface area (Å²) in [5, 5.41) is 3.63. The molecule has 6 heteroatoms. The lowest BCUT2D eigenvalue weighted by molar-refractivity contribution is 0.0423. The van der Waals surface area contributed by atoms with Gasteiger partial charge in [0, 0.05) is 16.1 Å². The molecule has 0 saturated carbocycles. The Morgan fingerprint density at radius 2 is 2.21 bits per heavy atom. The highest BCUT2D eigenvalue weighted by Crippen LogP contribution is 2.24. The topological polar surface area (TPSA) is 61.6 Å². The fourth-order valence-corrected chi connectivity index (χ4v) is 1.94. The van der Waals surface area contributed by atoms with Crippen LogP contribution in [0.4, 0.5) is 0 Å². The van der Waals surface area contributed by atoms with E-state index in [-0.39, 0.29) is 12.4 Å². The second-order valence-corrected chi connectivity index (χ2v) is 4.78. The largest absolute Gasteiger partial charge is 0.496 e. The molecule has 1 aromatic heterocycles. The van der Waals surface area contributed by atoms with Crippen LogP contribution in [0.5, 0.6) is 5.75 Å². The molecule has 1 aromatic carbocycles. The molecule has 2 aromatic rings. The van der Waals surface area contributed by atoms with Crippen molar-refractivity contribution in [2.45, 2.75) is 13.5 Å². The average molecular weight is 326 g/mol. The van der Waals surface area contributed by atoms with E-state index >= 15 is 0 Å². The lowest BCUT2D eigenvalue weighted by Gasteiger charge is -2.08. The molecule has 0 spiro atoms. The molecule has 0 N–H and O–H groups in total. The summed E-state index contributed by atoms with van der Waals surface area (Å²) < 4.78 is 16.1. The number of halogens is 1. The SMILES string of the molecule is COc1ccc(Br)cc1COC(=O)c1cc(C)no1. The summed E-state index contributed by atoms with van der Waals surface area (Å²) in [4.78, 5) is 11.7. The first kappa shape index (κ1) is 13.6.